The van der Waals surface area contributed by atoms with E-state index in [2.05, 4.69) is 193 Å². The maximum atomic E-state index is 7.38. The molecule has 0 saturated carbocycles. The van der Waals surface area contributed by atoms with E-state index in [1.54, 1.807) is 0 Å². The Balaban J connectivity index is -0.000000103. The van der Waals surface area contributed by atoms with Gasteiger partial charge in [-0.1, -0.05) is 119 Å². The normalized spacial score (nSPS) is 9.30. The van der Waals surface area contributed by atoms with Crippen molar-refractivity contribution in [2.45, 2.75) is 131 Å². The van der Waals surface area contributed by atoms with E-state index in [1.165, 1.54) is 0 Å². The van der Waals surface area contributed by atoms with Crippen LogP contribution in [-0.4, -0.2) is 369 Å². The van der Waals surface area contributed by atoms with E-state index in [0.717, 1.165) is 52.4 Å². The highest BCUT2D eigenvalue weighted by Gasteiger charge is 2.25. The van der Waals surface area contributed by atoms with Crippen LogP contribution < -0.4 is 46.5 Å². The second-order valence-electron chi connectivity index (χ2n) is 19.5. The van der Waals surface area contributed by atoms with Crippen molar-refractivity contribution in [1.82, 2.24) is 39.2 Å². The van der Waals surface area contributed by atoms with Crippen LogP contribution in [0.15, 0.2) is 105 Å². The van der Waals surface area contributed by atoms with Gasteiger partial charge in [0.2, 0.25) is 0 Å². The fourth-order valence-corrected chi connectivity index (χ4v) is 8.16. The van der Waals surface area contributed by atoms with Gasteiger partial charge >= 0.3 is 0 Å². The number of ether oxygens (including phenoxy) is 9. The van der Waals surface area contributed by atoms with Crippen molar-refractivity contribution in [3.05, 3.63) is 105 Å². The second-order valence-corrected chi connectivity index (χ2v) is 19.5. The molecule has 0 amide bonds. The number of nitrogens with two attached hydrogens (primary N) is 8. The number of likely N-dealkylation sites (N-methyl/N-ethyl adjacent to an activating group) is 4. The topological polar surface area (TPSA) is 391 Å². The summed E-state index contributed by atoms with van der Waals surface area (Å²) in [6.45, 7) is 72.3. The van der Waals surface area contributed by atoms with E-state index in [0.29, 0.717) is 210 Å². The minimum absolute atomic E-state index is 0. The predicted octanol–water partition coefficient (Wildman–Crippen LogP) is 10.5. The number of hydrogen-bond acceptors (Lipinski definition) is 33. The molecule has 0 fully saturated rings. The lowest BCUT2D eigenvalue weighted by atomic mass is 10.2. The summed E-state index contributed by atoms with van der Waals surface area (Å²) in [5, 5.41) is 0. The summed E-state index contributed by atoms with van der Waals surface area (Å²) in [6.07, 6.45) is -0.440. The lowest BCUT2D eigenvalue weighted by Gasteiger charge is -2.36. The van der Waals surface area contributed by atoms with Crippen LogP contribution in [0, 0.1) is 0 Å². The van der Waals surface area contributed by atoms with Gasteiger partial charge in [0.25, 0.3) is 0 Å². The van der Waals surface area contributed by atoms with Gasteiger partial charge in [0.1, 0.15) is 0 Å². The van der Waals surface area contributed by atoms with Crippen LogP contribution in [0.25, 0.3) is 0 Å². The Labute approximate surface area is 718 Å². The van der Waals surface area contributed by atoms with Crippen molar-refractivity contribution in [2.75, 3.05) is 317 Å². The first-order valence-electron chi connectivity index (χ1n) is 33.2. The van der Waals surface area contributed by atoms with Gasteiger partial charge in [0.05, 0.1) is 144 Å². The zero-order valence-corrected chi connectivity index (χ0v) is 62.7. The minimum Gasteiger partial charge on any atom is -0.378 e. The van der Waals surface area contributed by atoms with Gasteiger partial charge in [0.15, 0.2) is 0 Å². The zero-order chi connectivity index (χ0) is 76.9. The fourth-order valence-electron chi connectivity index (χ4n) is 8.16. The third-order valence-corrected chi connectivity index (χ3v) is 12.6. The van der Waals surface area contributed by atoms with Crippen molar-refractivity contribution in [3.8, 4) is 0 Å². The van der Waals surface area contributed by atoms with E-state index in [1.807, 2.05) is 0 Å². The van der Waals surface area contributed by atoms with Crippen LogP contribution in [0.1, 0.15) is 119 Å². The molecule has 0 bridgehead atoms. The lowest BCUT2D eigenvalue weighted by molar-refractivity contribution is -0.306. The van der Waals surface area contributed by atoms with Gasteiger partial charge in [-0.15, -0.1) is 125 Å². The summed E-state index contributed by atoms with van der Waals surface area (Å²) in [7, 11) is 8.46. The molecule has 0 heterocycles. The second kappa shape index (κ2) is 173. The molecule has 0 saturated heterocycles. The minimum atomic E-state index is -0.230. The van der Waals surface area contributed by atoms with Crippen molar-refractivity contribution < 1.29 is 82.1 Å². The first-order valence-corrected chi connectivity index (χ1v) is 33.2. The quantitative estimate of drug-likeness (QED) is 0.0121. The van der Waals surface area contributed by atoms with Crippen molar-refractivity contribution in [2.24, 2.45) is 46.5 Å². The molecule has 33 nitrogen and oxygen atoms in total. The molecule has 0 aromatic rings. The highest BCUT2D eigenvalue weighted by molar-refractivity contribution is 4.78. The highest BCUT2D eigenvalue weighted by Crippen LogP contribution is 2.10. The zero-order valence-electron chi connectivity index (χ0n) is 62.7. The molecule has 0 aliphatic carbocycles. The van der Waals surface area contributed by atoms with Crippen molar-refractivity contribution >= 4 is 0 Å². The maximum absolute atomic E-state index is 7.38. The first-order chi connectivity index (χ1) is 48.6. The molecule has 115 heavy (non-hydrogen) atoms. The van der Waals surface area contributed by atoms with E-state index >= 15 is 0 Å². The molecular formula is C82H214N16O17. The highest BCUT2D eigenvalue weighted by atomic mass is 17.3. The standard InChI is InChI=1S/C50H118N16O17.8C2H4.16CH4/c1-59(9-13-63(17-29-71-41-37-67-25-5-51)18-30-72-42-38-68-26-6-52)45-49(46-60(2)10-14-64(19-31-73-43-39-69-27-7-53)20-32-74-44-40-70-28-8-54)79-50(47-61(3)11-15-65(21-33-75-80-55)22-34-76-81-56)48-62(4)12-16-66(23-35-77-82-57)24-36-78-83-58;8*1-2;;;;;;;;;;;;;;;;/h49-50H,5-48,51-58H2,1-4H3;8*1-2H2;16*1H4. The van der Waals surface area contributed by atoms with Crippen LogP contribution >= 0.6 is 0 Å². The number of hydrogen-bond donors (Lipinski definition) is 8. The van der Waals surface area contributed by atoms with Crippen LogP contribution in [0.2, 0.25) is 0 Å². The Morgan fingerprint density at radius 2 is 0.339 bits per heavy atom. The van der Waals surface area contributed by atoms with Crippen molar-refractivity contribution in [3.63, 3.8) is 0 Å². The van der Waals surface area contributed by atoms with Gasteiger partial charge in [-0.2, -0.15) is 23.6 Å². The fraction of sp³-hybridized carbons (Fsp3) is 0.805. The molecule has 0 rings (SSSR count). The summed E-state index contributed by atoms with van der Waals surface area (Å²) in [5.74, 6) is 20.6. The Hall–Kier alpha value is -3.40. The van der Waals surface area contributed by atoms with E-state index in [-0.39, 0.29) is 157 Å². The van der Waals surface area contributed by atoms with E-state index < -0.39 is 0 Å². The van der Waals surface area contributed by atoms with Gasteiger partial charge in [-0.25, -0.2) is 19.6 Å². The molecular weight excluding hydrogens is 1480 g/mol. The molecule has 0 aromatic heterocycles. The van der Waals surface area contributed by atoms with Crippen molar-refractivity contribution in [1.29, 1.82) is 0 Å². The van der Waals surface area contributed by atoms with E-state index in [9.17, 15) is 0 Å². The van der Waals surface area contributed by atoms with Gasteiger partial charge in [-0.3, -0.25) is 19.6 Å². The largest absolute Gasteiger partial charge is 0.378 e. The lowest BCUT2D eigenvalue weighted by Crippen LogP contribution is -2.49. The molecule has 0 spiro atoms. The number of rotatable bonds is 70. The molecule has 0 aliphatic heterocycles. The monoisotopic (exact) mass is 1700 g/mol. The summed E-state index contributed by atoms with van der Waals surface area (Å²) < 4.78 is 53.3. The molecule has 0 atom stereocenters. The summed E-state index contributed by atoms with van der Waals surface area (Å²) in [4.78, 5) is 55.6. The first kappa shape index (κ1) is 182. The van der Waals surface area contributed by atoms with Gasteiger partial charge in [-0.05, 0) is 28.2 Å². The van der Waals surface area contributed by atoms with Gasteiger partial charge in [0, 0.05) is 157 Å². The third-order valence-electron chi connectivity index (χ3n) is 12.6. The Morgan fingerprint density at radius 3 is 0.478 bits per heavy atom. The molecule has 0 radical (unpaired) electrons. The molecule has 0 unspecified atom stereocenters. The Morgan fingerprint density at radius 1 is 0.200 bits per heavy atom. The summed E-state index contributed by atoms with van der Waals surface area (Å²) in [5.41, 5.74) is 22.4. The third kappa shape index (κ3) is 152. The molecule has 724 valence electrons. The van der Waals surface area contributed by atoms with Crippen LogP contribution in [0.5, 0.6) is 0 Å². The Bertz CT molecular complexity index is 1280. The predicted molar refractivity (Wildman–Crippen MR) is 510 cm³/mol. The summed E-state index contributed by atoms with van der Waals surface area (Å²) >= 11 is 0. The van der Waals surface area contributed by atoms with Crippen LogP contribution in [0.4, 0.5) is 0 Å². The van der Waals surface area contributed by atoms with Gasteiger partial charge < -0.3 is 85.2 Å². The maximum Gasteiger partial charge on any atom is 0.0969 e. The molecule has 16 N–H and O–H groups in total. The molecule has 33 heteroatoms. The summed E-state index contributed by atoms with van der Waals surface area (Å²) in [6, 6.07) is 0. The molecule has 0 aliphatic rings. The van der Waals surface area contributed by atoms with Crippen LogP contribution in [-0.2, 0) is 82.1 Å². The van der Waals surface area contributed by atoms with E-state index in [4.69, 9.17) is 109 Å². The number of nitrogens with zero attached hydrogens (tertiary/aromatic N) is 8. The smallest absolute Gasteiger partial charge is 0.0969 e. The van der Waals surface area contributed by atoms with Crippen LogP contribution in [0.3, 0.4) is 0 Å². The molecule has 0 aromatic carbocycles. The SMILES string of the molecule is C.C.C.C.C.C.C.C.C.C.C.C.C.C.C.C.C=C.C=C.C=C.C=C.C=C.C=C.C=C.C=C.CN(CCN(CCOCCOCCN)CCOCCOCCN)CC(CN(C)CCN(CCOCCOCCN)CCOCCOCCN)OC(CN(C)CCN(CCOON)CCOON)CN(C)CCN(CCOON)CCOON. The average molecular weight is 1700 g/mol. The average Bonchev–Trinajstić information content (AvgIpc) is 0.889. The Kier molecular flexibility index (Phi) is 274.